The van der Waals surface area contributed by atoms with Gasteiger partial charge in [0.1, 0.15) is 5.75 Å². The zero-order chi connectivity index (χ0) is 12.8. The van der Waals surface area contributed by atoms with Crippen LogP contribution in [0.1, 0.15) is 25.3 Å². The topological polar surface area (TPSA) is 30.5 Å². The third-order valence-electron chi connectivity index (χ3n) is 3.02. The van der Waals surface area contributed by atoms with E-state index in [-0.39, 0.29) is 0 Å². The number of nitrogens with one attached hydrogen (secondary N) is 1. The summed E-state index contributed by atoms with van der Waals surface area (Å²) in [5.41, 5.74) is 1.17. The average molecular weight is 270 g/mol. The lowest BCUT2D eigenvalue weighted by atomic mass is 10.2. The molecule has 0 radical (unpaired) electrons. The van der Waals surface area contributed by atoms with Gasteiger partial charge in [0, 0.05) is 19.7 Å². The van der Waals surface area contributed by atoms with Gasteiger partial charge < -0.3 is 14.8 Å². The lowest BCUT2D eigenvalue weighted by molar-refractivity contribution is 0.110. The van der Waals surface area contributed by atoms with Crippen molar-refractivity contribution in [3.63, 3.8) is 0 Å². The largest absolute Gasteiger partial charge is 0.492 e. The molecule has 0 spiro atoms. The highest BCUT2D eigenvalue weighted by molar-refractivity contribution is 6.32. The average Bonchev–Trinajstić information content (AvgIpc) is 2.86. The lowest BCUT2D eigenvalue weighted by Crippen LogP contribution is -2.25. The summed E-state index contributed by atoms with van der Waals surface area (Å²) in [5.74, 6) is 0.752. The summed E-state index contributed by atoms with van der Waals surface area (Å²) in [6.07, 6.45) is 2.72. The number of ether oxygens (including phenoxy) is 2. The normalized spacial score (nSPS) is 19.1. The molecule has 1 N–H and O–H groups in total. The molecule has 0 amide bonds. The molecular weight excluding hydrogens is 250 g/mol. The van der Waals surface area contributed by atoms with Gasteiger partial charge in [-0.05, 0) is 37.5 Å². The first-order valence-corrected chi connectivity index (χ1v) is 6.91. The Morgan fingerprint density at radius 1 is 1.50 bits per heavy atom. The number of halogens is 1. The Labute approximate surface area is 113 Å². The highest BCUT2D eigenvalue weighted by atomic mass is 35.5. The third-order valence-corrected chi connectivity index (χ3v) is 3.32. The summed E-state index contributed by atoms with van der Waals surface area (Å²) in [5, 5.41) is 4.07. The molecule has 4 heteroatoms. The van der Waals surface area contributed by atoms with Crippen molar-refractivity contribution in [3.05, 3.63) is 28.8 Å². The maximum absolute atomic E-state index is 6.14. The predicted octanol–water partition coefficient (Wildman–Crippen LogP) is 3.01. The first-order chi connectivity index (χ1) is 8.79. The van der Waals surface area contributed by atoms with Crippen molar-refractivity contribution in [1.82, 2.24) is 5.32 Å². The van der Waals surface area contributed by atoms with Gasteiger partial charge in [-0.15, -0.1) is 0 Å². The molecule has 1 saturated heterocycles. The minimum absolute atomic E-state index is 0.378. The van der Waals surface area contributed by atoms with Crippen LogP contribution in [0.4, 0.5) is 0 Å². The number of hydrogen-bond donors (Lipinski definition) is 1. The van der Waals surface area contributed by atoms with Gasteiger partial charge in [-0.1, -0.05) is 17.7 Å². The van der Waals surface area contributed by atoms with E-state index in [2.05, 4.69) is 5.32 Å². The predicted molar refractivity (Wildman–Crippen MR) is 73.3 cm³/mol. The van der Waals surface area contributed by atoms with Crippen LogP contribution in [0.3, 0.4) is 0 Å². The highest BCUT2D eigenvalue weighted by Crippen LogP contribution is 2.25. The Bertz CT molecular complexity index is 378. The zero-order valence-corrected chi connectivity index (χ0v) is 11.5. The Kier molecular flexibility index (Phi) is 5.29. The summed E-state index contributed by atoms with van der Waals surface area (Å²) in [6.45, 7) is 5.21. The third kappa shape index (κ3) is 3.87. The second kappa shape index (κ2) is 6.98. The zero-order valence-electron chi connectivity index (χ0n) is 10.7. The molecule has 1 atom stereocenters. The van der Waals surface area contributed by atoms with Gasteiger partial charge in [0.15, 0.2) is 0 Å². The molecule has 0 unspecified atom stereocenters. The van der Waals surface area contributed by atoms with Gasteiger partial charge in [0.25, 0.3) is 0 Å². The number of rotatable bonds is 6. The van der Waals surface area contributed by atoms with Crippen LogP contribution < -0.4 is 10.1 Å². The summed E-state index contributed by atoms with van der Waals surface area (Å²) in [6, 6.07) is 5.92. The number of hydrogen-bond acceptors (Lipinski definition) is 3. The molecule has 3 nitrogen and oxygen atoms in total. The van der Waals surface area contributed by atoms with Crippen LogP contribution >= 0.6 is 11.6 Å². The van der Waals surface area contributed by atoms with E-state index < -0.39 is 0 Å². The van der Waals surface area contributed by atoms with E-state index in [1.807, 2.05) is 25.1 Å². The van der Waals surface area contributed by atoms with Crippen molar-refractivity contribution in [3.8, 4) is 5.75 Å². The highest BCUT2D eigenvalue weighted by Gasteiger charge is 2.14. The maximum Gasteiger partial charge on any atom is 0.137 e. The minimum Gasteiger partial charge on any atom is -0.492 e. The van der Waals surface area contributed by atoms with Crippen LogP contribution in [0.5, 0.6) is 5.75 Å². The van der Waals surface area contributed by atoms with Crippen LogP contribution in [-0.4, -0.2) is 25.9 Å². The van der Waals surface area contributed by atoms with E-state index in [0.29, 0.717) is 17.7 Å². The van der Waals surface area contributed by atoms with Gasteiger partial charge >= 0.3 is 0 Å². The molecule has 0 aromatic heterocycles. The minimum atomic E-state index is 0.378. The van der Waals surface area contributed by atoms with Gasteiger partial charge in [0.05, 0.1) is 17.7 Å². The summed E-state index contributed by atoms with van der Waals surface area (Å²) >= 11 is 6.14. The Morgan fingerprint density at radius 2 is 2.39 bits per heavy atom. The van der Waals surface area contributed by atoms with Crippen molar-refractivity contribution in [1.29, 1.82) is 0 Å². The Balaban J connectivity index is 1.80. The molecule has 0 saturated carbocycles. The molecule has 0 aliphatic carbocycles. The summed E-state index contributed by atoms with van der Waals surface area (Å²) < 4.78 is 11.0. The second-order valence-corrected chi connectivity index (χ2v) is 4.87. The maximum atomic E-state index is 6.14. The molecule has 1 aliphatic rings. The molecule has 1 heterocycles. The molecule has 1 fully saturated rings. The van der Waals surface area contributed by atoms with E-state index >= 15 is 0 Å². The van der Waals surface area contributed by atoms with Crippen LogP contribution in [0.25, 0.3) is 0 Å². The molecular formula is C14H20ClNO2. The van der Waals surface area contributed by atoms with Crippen molar-refractivity contribution in [2.24, 2.45) is 0 Å². The fraction of sp³-hybridized carbons (Fsp3) is 0.571. The van der Waals surface area contributed by atoms with Gasteiger partial charge in [-0.2, -0.15) is 0 Å². The number of benzene rings is 1. The molecule has 0 bridgehead atoms. The van der Waals surface area contributed by atoms with Crippen molar-refractivity contribution in [2.45, 2.75) is 32.4 Å². The fourth-order valence-corrected chi connectivity index (χ4v) is 2.37. The lowest BCUT2D eigenvalue weighted by Gasteiger charge is -2.12. The van der Waals surface area contributed by atoms with Gasteiger partial charge in [-0.25, -0.2) is 0 Å². The van der Waals surface area contributed by atoms with Crippen molar-refractivity contribution >= 4 is 11.6 Å². The van der Waals surface area contributed by atoms with E-state index in [9.17, 15) is 0 Å². The van der Waals surface area contributed by atoms with Crippen LogP contribution in [-0.2, 0) is 11.3 Å². The quantitative estimate of drug-likeness (QED) is 0.861. The molecule has 100 valence electrons. The van der Waals surface area contributed by atoms with Crippen molar-refractivity contribution < 1.29 is 9.47 Å². The van der Waals surface area contributed by atoms with E-state index in [1.54, 1.807) is 0 Å². The molecule has 1 aliphatic heterocycles. The Hall–Kier alpha value is -0.770. The SMILES string of the molecule is CCOc1ccc(CNC[C@@H]2CCCO2)cc1Cl. The first-order valence-electron chi connectivity index (χ1n) is 6.53. The van der Waals surface area contributed by atoms with Gasteiger partial charge in [0.2, 0.25) is 0 Å². The van der Waals surface area contributed by atoms with Crippen LogP contribution in [0.15, 0.2) is 18.2 Å². The smallest absolute Gasteiger partial charge is 0.137 e. The molecule has 1 aromatic carbocycles. The Morgan fingerprint density at radius 3 is 3.06 bits per heavy atom. The second-order valence-electron chi connectivity index (χ2n) is 4.46. The standard InChI is InChI=1S/C14H20ClNO2/c1-2-17-14-6-5-11(8-13(14)15)9-16-10-12-4-3-7-18-12/h5-6,8,12,16H,2-4,7,9-10H2,1H3/t12-/m0/s1. The van der Waals surface area contributed by atoms with E-state index in [4.69, 9.17) is 21.1 Å². The van der Waals surface area contributed by atoms with E-state index in [1.165, 1.54) is 12.0 Å². The first kappa shape index (κ1) is 13.7. The molecule has 18 heavy (non-hydrogen) atoms. The monoisotopic (exact) mass is 269 g/mol. The molecule has 1 aromatic rings. The molecule has 2 rings (SSSR count). The fourth-order valence-electron chi connectivity index (χ4n) is 2.11. The van der Waals surface area contributed by atoms with E-state index in [0.717, 1.165) is 31.9 Å². The summed E-state index contributed by atoms with van der Waals surface area (Å²) in [4.78, 5) is 0. The summed E-state index contributed by atoms with van der Waals surface area (Å²) in [7, 11) is 0. The van der Waals surface area contributed by atoms with Crippen LogP contribution in [0, 0.1) is 0 Å². The van der Waals surface area contributed by atoms with Crippen molar-refractivity contribution in [2.75, 3.05) is 19.8 Å². The van der Waals surface area contributed by atoms with Crippen LogP contribution in [0.2, 0.25) is 5.02 Å². The van der Waals surface area contributed by atoms with Gasteiger partial charge in [-0.3, -0.25) is 0 Å².